The van der Waals surface area contributed by atoms with Gasteiger partial charge >= 0.3 is 0 Å². The minimum absolute atomic E-state index is 0.706. The van der Waals surface area contributed by atoms with Gasteiger partial charge in [-0.1, -0.05) is 34.4 Å². The predicted octanol–water partition coefficient (Wildman–Crippen LogP) is 4.19. The van der Waals surface area contributed by atoms with Crippen LogP contribution >= 0.6 is 30.1 Å². The van der Waals surface area contributed by atoms with Crippen LogP contribution < -0.4 is 0 Å². The molecule has 0 saturated heterocycles. The summed E-state index contributed by atoms with van der Waals surface area (Å²) in [6.07, 6.45) is 4.65. The maximum Gasteiger partial charge on any atom is 0.0141 e. The summed E-state index contributed by atoms with van der Waals surface area (Å²) >= 11 is 2.34. The Morgan fingerprint density at radius 3 is 2.55 bits per heavy atom. The summed E-state index contributed by atoms with van der Waals surface area (Å²) in [5.74, 6) is 1.43. The standard InChI is InChI=1S/C9H13IS/c1-6-4-9(11-10)5-7(2)8(6)3/h4-6,8H,1-3H3. The van der Waals surface area contributed by atoms with Gasteiger partial charge in [0.25, 0.3) is 0 Å². The van der Waals surface area contributed by atoms with Crippen LogP contribution in [0.2, 0.25) is 0 Å². The Bertz CT molecular complexity index is 206. The number of hydrogen-bond acceptors (Lipinski definition) is 1. The molecule has 0 aromatic carbocycles. The van der Waals surface area contributed by atoms with E-state index in [0.29, 0.717) is 5.92 Å². The quantitative estimate of drug-likeness (QED) is 0.649. The molecular formula is C9H13IS. The summed E-state index contributed by atoms with van der Waals surface area (Å²) in [6, 6.07) is 0. The molecule has 2 atom stereocenters. The minimum Gasteiger partial charge on any atom is -0.0688 e. The monoisotopic (exact) mass is 280 g/mol. The molecule has 0 aliphatic heterocycles. The number of halogens is 1. The number of hydrogen-bond donors (Lipinski definition) is 0. The van der Waals surface area contributed by atoms with E-state index in [4.69, 9.17) is 0 Å². The lowest BCUT2D eigenvalue weighted by Crippen LogP contribution is -2.10. The van der Waals surface area contributed by atoms with Crippen LogP contribution in [0.15, 0.2) is 22.6 Å². The average molecular weight is 280 g/mol. The van der Waals surface area contributed by atoms with Gasteiger partial charge in [0, 0.05) is 26.1 Å². The molecule has 2 heteroatoms. The van der Waals surface area contributed by atoms with Crippen LogP contribution in [0.4, 0.5) is 0 Å². The SMILES string of the molecule is CC1=CC(SI)=CC(C)C1C. The fourth-order valence-electron chi connectivity index (χ4n) is 1.27. The van der Waals surface area contributed by atoms with Crippen LogP contribution in [0, 0.1) is 11.8 Å². The zero-order valence-electron chi connectivity index (χ0n) is 7.10. The molecule has 0 N–H and O–H groups in total. The van der Waals surface area contributed by atoms with E-state index < -0.39 is 0 Å². The molecule has 2 unspecified atom stereocenters. The number of rotatable bonds is 1. The topological polar surface area (TPSA) is 0 Å². The Morgan fingerprint density at radius 2 is 2.09 bits per heavy atom. The van der Waals surface area contributed by atoms with Gasteiger partial charge in [0.1, 0.15) is 0 Å². The van der Waals surface area contributed by atoms with Gasteiger partial charge in [0.05, 0.1) is 0 Å². The van der Waals surface area contributed by atoms with Crippen LogP contribution in [0.5, 0.6) is 0 Å². The van der Waals surface area contributed by atoms with E-state index in [2.05, 4.69) is 54.1 Å². The van der Waals surface area contributed by atoms with Crippen LogP contribution in [-0.2, 0) is 0 Å². The van der Waals surface area contributed by atoms with Gasteiger partial charge in [-0.15, -0.1) is 0 Å². The van der Waals surface area contributed by atoms with Crippen molar-refractivity contribution in [2.75, 3.05) is 0 Å². The fraction of sp³-hybridized carbons (Fsp3) is 0.556. The number of allylic oxidation sites excluding steroid dienone is 3. The summed E-state index contributed by atoms with van der Waals surface area (Å²) in [5, 5.41) is 0. The first-order chi connectivity index (χ1) is 5.15. The highest BCUT2D eigenvalue weighted by Crippen LogP contribution is 2.35. The third-order valence-electron chi connectivity index (χ3n) is 2.39. The molecule has 0 heterocycles. The highest BCUT2D eigenvalue weighted by Gasteiger charge is 2.16. The summed E-state index contributed by atoms with van der Waals surface area (Å²) in [7, 11) is 1.81. The maximum absolute atomic E-state index is 2.36. The molecule has 0 radical (unpaired) electrons. The molecule has 1 aliphatic rings. The lowest BCUT2D eigenvalue weighted by Gasteiger charge is -2.22. The van der Waals surface area contributed by atoms with E-state index in [0.717, 1.165) is 5.92 Å². The zero-order chi connectivity index (χ0) is 8.43. The molecule has 11 heavy (non-hydrogen) atoms. The fourth-order valence-corrected chi connectivity index (χ4v) is 2.59. The van der Waals surface area contributed by atoms with Crippen molar-refractivity contribution in [1.29, 1.82) is 0 Å². The van der Waals surface area contributed by atoms with Crippen molar-refractivity contribution in [2.24, 2.45) is 11.8 Å². The Hall–Kier alpha value is 0.560. The first kappa shape index (κ1) is 9.65. The van der Waals surface area contributed by atoms with Crippen LogP contribution in [0.3, 0.4) is 0 Å². The van der Waals surface area contributed by atoms with Gasteiger partial charge in [-0.25, -0.2) is 0 Å². The summed E-state index contributed by atoms with van der Waals surface area (Å²) < 4.78 is 0. The van der Waals surface area contributed by atoms with Crippen molar-refractivity contribution in [3.8, 4) is 0 Å². The first-order valence-electron chi connectivity index (χ1n) is 3.83. The lowest BCUT2D eigenvalue weighted by atomic mass is 9.86. The van der Waals surface area contributed by atoms with Gasteiger partial charge in [-0.2, -0.15) is 0 Å². The first-order valence-corrected chi connectivity index (χ1v) is 7.19. The van der Waals surface area contributed by atoms with Crippen molar-refractivity contribution < 1.29 is 0 Å². The maximum atomic E-state index is 2.36. The summed E-state index contributed by atoms with van der Waals surface area (Å²) in [5.41, 5.74) is 1.51. The molecule has 0 aromatic heterocycles. The van der Waals surface area contributed by atoms with E-state index in [1.165, 1.54) is 10.5 Å². The lowest BCUT2D eigenvalue weighted by molar-refractivity contribution is 0.522. The third kappa shape index (κ3) is 2.25. The Labute approximate surface area is 85.1 Å². The van der Waals surface area contributed by atoms with E-state index in [-0.39, 0.29) is 0 Å². The molecule has 62 valence electrons. The van der Waals surface area contributed by atoms with Crippen molar-refractivity contribution in [2.45, 2.75) is 20.8 Å². The molecular weight excluding hydrogens is 267 g/mol. The Morgan fingerprint density at radius 1 is 1.45 bits per heavy atom. The van der Waals surface area contributed by atoms with Gasteiger partial charge in [-0.3, -0.25) is 0 Å². The van der Waals surface area contributed by atoms with Crippen molar-refractivity contribution in [3.63, 3.8) is 0 Å². The Balaban J connectivity index is 2.82. The normalized spacial score (nSPS) is 31.3. The zero-order valence-corrected chi connectivity index (χ0v) is 10.1. The second kappa shape index (κ2) is 3.99. The van der Waals surface area contributed by atoms with E-state index >= 15 is 0 Å². The summed E-state index contributed by atoms with van der Waals surface area (Å²) in [4.78, 5) is 1.41. The van der Waals surface area contributed by atoms with Gasteiger partial charge in [0.15, 0.2) is 0 Å². The smallest absolute Gasteiger partial charge is 0.0141 e. The highest BCUT2D eigenvalue weighted by atomic mass is 127. The van der Waals surface area contributed by atoms with Crippen molar-refractivity contribution >= 4 is 30.1 Å². The van der Waals surface area contributed by atoms with E-state index in [1.54, 1.807) is 0 Å². The largest absolute Gasteiger partial charge is 0.0688 e. The molecule has 1 aliphatic carbocycles. The van der Waals surface area contributed by atoms with E-state index in [1.807, 2.05) is 8.93 Å². The van der Waals surface area contributed by atoms with Crippen LogP contribution in [0.1, 0.15) is 20.8 Å². The molecule has 0 aromatic rings. The molecule has 0 spiro atoms. The van der Waals surface area contributed by atoms with Crippen LogP contribution in [-0.4, -0.2) is 0 Å². The predicted molar refractivity (Wildman–Crippen MR) is 61.8 cm³/mol. The second-order valence-electron chi connectivity index (χ2n) is 3.18. The summed E-state index contributed by atoms with van der Waals surface area (Å²) in [6.45, 7) is 6.80. The molecule has 0 amide bonds. The second-order valence-corrected chi connectivity index (χ2v) is 5.13. The van der Waals surface area contributed by atoms with Crippen molar-refractivity contribution in [3.05, 3.63) is 22.6 Å². The highest BCUT2D eigenvalue weighted by molar-refractivity contribution is 14.2. The molecule has 1 rings (SSSR count). The molecule has 0 fully saturated rings. The minimum atomic E-state index is 0.706. The van der Waals surface area contributed by atoms with Crippen LogP contribution in [0.25, 0.3) is 0 Å². The van der Waals surface area contributed by atoms with E-state index in [9.17, 15) is 0 Å². The van der Waals surface area contributed by atoms with Gasteiger partial charge in [0.2, 0.25) is 0 Å². The van der Waals surface area contributed by atoms with Crippen molar-refractivity contribution in [1.82, 2.24) is 0 Å². The molecule has 0 nitrogen and oxygen atoms in total. The van der Waals surface area contributed by atoms with Gasteiger partial charge < -0.3 is 0 Å². The third-order valence-corrected chi connectivity index (χ3v) is 4.35. The molecule has 0 saturated carbocycles. The molecule has 0 bridgehead atoms. The Kier molecular flexibility index (Phi) is 3.50. The van der Waals surface area contributed by atoms with Gasteiger partial charge in [-0.05, 0) is 24.8 Å². The average Bonchev–Trinajstić information content (AvgIpc) is 1.99.